The van der Waals surface area contributed by atoms with E-state index < -0.39 is 0 Å². The topological polar surface area (TPSA) is 41.5 Å². The van der Waals surface area contributed by atoms with Gasteiger partial charge in [-0.1, -0.05) is 29.8 Å². The van der Waals surface area contributed by atoms with E-state index >= 15 is 0 Å². The SMILES string of the molecule is Cc1cc2c(cc1C)C(c1ccccc1Cl)=NCC(C=O)N2. The number of benzodiazepines with no additional fused rings is 1. The van der Waals surface area contributed by atoms with Crippen molar-refractivity contribution in [3.63, 3.8) is 0 Å². The van der Waals surface area contributed by atoms with Crippen molar-refractivity contribution in [2.24, 2.45) is 4.99 Å². The van der Waals surface area contributed by atoms with E-state index in [1.807, 2.05) is 24.3 Å². The highest BCUT2D eigenvalue weighted by molar-refractivity contribution is 6.35. The van der Waals surface area contributed by atoms with Crippen molar-refractivity contribution < 1.29 is 4.79 Å². The number of carbonyl (C=O) groups excluding carboxylic acids is 1. The van der Waals surface area contributed by atoms with Gasteiger partial charge in [-0.3, -0.25) is 4.99 Å². The van der Waals surface area contributed by atoms with Crippen LogP contribution in [0.15, 0.2) is 41.4 Å². The van der Waals surface area contributed by atoms with Crippen LogP contribution in [0.4, 0.5) is 5.69 Å². The molecule has 0 bridgehead atoms. The number of fused-ring (bicyclic) bond motifs is 1. The lowest BCUT2D eigenvalue weighted by atomic mass is 9.96. The standard InChI is InChI=1S/C18H17ClN2O/c1-11-7-15-17(8-12(11)2)21-13(10-22)9-20-18(15)14-5-3-4-6-16(14)19/h3-8,10,13,21H,9H2,1-2H3. The largest absolute Gasteiger partial charge is 0.373 e. The normalized spacial score (nSPS) is 17.0. The molecule has 1 N–H and O–H groups in total. The lowest BCUT2D eigenvalue weighted by Gasteiger charge is -2.15. The highest BCUT2D eigenvalue weighted by Gasteiger charge is 2.21. The van der Waals surface area contributed by atoms with Gasteiger partial charge in [0.15, 0.2) is 0 Å². The Morgan fingerprint density at radius 1 is 1.18 bits per heavy atom. The molecule has 0 saturated heterocycles. The average molecular weight is 313 g/mol. The summed E-state index contributed by atoms with van der Waals surface area (Å²) >= 11 is 6.35. The third kappa shape index (κ3) is 2.64. The molecule has 1 heterocycles. The van der Waals surface area contributed by atoms with Crippen molar-refractivity contribution in [1.29, 1.82) is 0 Å². The second-order valence-corrected chi connectivity index (χ2v) is 5.95. The fraction of sp³-hybridized carbons (Fsp3) is 0.222. The van der Waals surface area contributed by atoms with E-state index in [1.54, 1.807) is 0 Å². The summed E-state index contributed by atoms with van der Waals surface area (Å²) in [5.41, 5.74) is 6.00. The quantitative estimate of drug-likeness (QED) is 0.857. The predicted molar refractivity (Wildman–Crippen MR) is 91.3 cm³/mol. The van der Waals surface area contributed by atoms with Crippen molar-refractivity contribution in [1.82, 2.24) is 0 Å². The summed E-state index contributed by atoms with van der Waals surface area (Å²) in [5, 5.41) is 3.93. The van der Waals surface area contributed by atoms with E-state index in [1.165, 1.54) is 11.1 Å². The summed E-state index contributed by atoms with van der Waals surface area (Å²) in [6.45, 7) is 4.53. The van der Waals surface area contributed by atoms with E-state index in [-0.39, 0.29) is 6.04 Å². The van der Waals surface area contributed by atoms with Gasteiger partial charge in [-0.2, -0.15) is 0 Å². The second kappa shape index (κ2) is 5.93. The molecular formula is C18H17ClN2O. The number of anilines is 1. The molecule has 4 heteroatoms. The van der Waals surface area contributed by atoms with Crippen molar-refractivity contribution >= 4 is 29.3 Å². The van der Waals surface area contributed by atoms with Crippen molar-refractivity contribution in [3.05, 3.63) is 63.7 Å². The van der Waals surface area contributed by atoms with Crippen LogP contribution in [0.3, 0.4) is 0 Å². The zero-order valence-electron chi connectivity index (χ0n) is 12.6. The Morgan fingerprint density at radius 2 is 1.91 bits per heavy atom. The molecule has 0 radical (unpaired) electrons. The monoisotopic (exact) mass is 312 g/mol. The van der Waals surface area contributed by atoms with Crippen LogP contribution in [-0.4, -0.2) is 24.6 Å². The summed E-state index contributed by atoms with van der Waals surface area (Å²) in [5.74, 6) is 0. The Balaban J connectivity index is 2.22. The molecule has 1 atom stereocenters. The molecule has 1 unspecified atom stereocenters. The number of halogens is 1. The van der Waals surface area contributed by atoms with E-state index in [0.29, 0.717) is 11.6 Å². The number of aliphatic imine (C=N–C) groups is 1. The van der Waals surface area contributed by atoms with Gasteiger partial charge in [-0.05, 0) is 43.2 Å². The molecule has 1 aliphatic heterocycles. The molecule has 2 aromatic rings. The highest BCUT2D eigenvalue weighted by Crippen LogP contribution is 2.29. The number of hydrogen-bond acceptors (Lipinski definition) is 3. The van der Waals surface area contributed by atoms with Crippen molar-refractivity contribution in [2.75, 3.05) is 11.9 Å². The number of nitrogens with zero attached hydrogens (tertiary/aromatic N) is 1. The molecule has 0 saturated carbocycles. The summed E-state index contributed by atoms with van der Waals surface area (Å²) in [6.07, 6.45) is 0.901. The van der Waals surface area contributed by atoms with Gasteiger partial charge < -0.3 is 10.1 Å². The van der Waals surface area contributed by atoms with Crippen molar-refractivity contribution in [2.45, 2.75) is 19.9 Å². The molecule has 0 fully saturated rings. The van der Waals surface area contributed by atoms with Gasteiger partial charge in [0.1, 0.15) is 12.3 Å². The van der Waals surface area contributed by atoms with E-state index in [4.69, 9.17) is 11.6 Å². The molecule has 2 aromatic carbocycles. The number of carbonyl (C=O) groups is 1. The molecule has 112 valence electrons. The summed E-state index contributed by atoms with van der Waals surface area (Å²) in [6, 6.07) is 11.5. The number of benzene rings is 2. The molecule has 22 heavy (non-hydrogen) atoms. The first-order valence-electron chi connectivity index (χ1n) is 7.23. The highest BCUT2D eigenvalue weighted by atomic mass is 35.5. The first-order chi connectivity index (χ1) is 10.6. The molecule has 3 rings (SSSR count). The van der Waals surface area contributed by atoms with Crippen LogP contribution in [-0.2, 0) is 4.79 Å². The smallest absolute Gasteiger partial charge is 0.144 e. The van der Waals surface area contributed by atoms with E-state index in [0.717, 1.165) is 28.8 Å². The van der Waals surface area contributed by atoms with Gasteiger partial charge in [0.2, 0.25) is 0 Å². The Hall–Kier alpha value is -2.13. The molecule has 0 amide bonds. The maximum Gasteiger partial charge on any atom is 0.144 e. The first-order valence-corrected chi connectivity index (χ1v) is 7.60. The van der Waals surface area contributed by atoms with Crippen LogP contribution >= 0.6 is 11.6 Å². The molecule has 0 spiro atoms. The van der Waals surface area contributed by atoms with Gasteiger partial charge in [-0.25, -0.2) is 0 Å². The molecule has 0 aromatic heterocycles. The number of aldehydes is 1. The Morgan fingerprint density at radius 3 is 2.64 bits per heavy atom. The average Bonchev–Trinajstić information content (AvgIpc) is 2.68. The van der Waals surface area contributed by atoms with Gasteiger partial charge in [-0.15, -0.1) is 0 Å². The van der Waals surface area contributed by atoms with E-state index in [2.05, 4.69) is 36.3 Å². The van der Waals surface area contributed by atoms with Crippen LogP contribution < -0.4 is 5.32 Å². The number of nitrogens with one attached hydrogen (secondary N) is 1. The third-order valence-electron chi connectivity index (χ3n) is 3.97. The fourth-order valence-electron chi connectivity index (χ4n) is 2.61. The maximum atomic E-state index is 11.2. The minimum absolute atomic E-state index is 0.319. The number of rotatable bonds is 2. The fourth-order valence-corrected chi connectivity index (χ4v) is 2.84. The minimum atomic E-state index is -0.319. The summed E-state index contributed by atoms with van der Waals surface area (Å²) < 4.78 is 0. The summed E-state index contributed by atoms with van der Waals surface area (Å²) in [4.78, 5) is 15.9. The first kappa shape index (κ1) is 14.8. The minimum Gasteiger partial charge on any atom is -0.373 e. The van der Waals surface area contributed by atoms with Crippen LogP contribution in [0.1, 0.15) is 22.3 Å². The molecule has 0 aliphatic carbocycles. The predicted octanol–water partition coefficient (Wildman–Crippen LogP) is 3.79. The van der Waals surface area contributed by atoms with Crippen LogP contribution in [0, 0.1) is 13.8 Å². The van der Waals surface area contributed by atoms with Gasteiger partial charge in [0.25, 0.3) is 0 Å². The number of hydrogen-bond donors (Lipinski definition) is 1. The maximum absolute atomic E-state index is 11.2. The van der Waals surface area contributed by atoms with Gasteiger partial charge >= 0.3 is 0 Å². The summed E-state index contributed by atoms with van der Waals surface area (Å²) in [7, 11) is 0. The number of aryl methyl sites for hydroxylation is 2. The van der Waals surface area contributed by atoms with E-state index in [9.17, 15) is 4.79 Å². The Bertz CT molecular complexity index is 768. The third-order valence-corrected chi connectivity index (χ3v) is 4.30. The Kier molecular flexibility index (Phi) is 3.99. The molecular weight excluding hydrogens is 296 g/mol. The Labute approximate surface area is 135 Å². The lowest BCUT2D eigenvalue weighted by Crippen LogP contribution is -2.23. The zero-order valence-corrected chi connectivity index (χ0v) is 13.3. The second-order valence-electron chi connectivity index (χ2n) is 5.54. The molecule has 3 nitrogen and oxygen atoms in total. The van der Waals surface area contributed by atoms with Crippen LogP contribution in [0.25, 0.3) is 0 Å². The lowest BCUT2D eigenvalue weighted by molar-refractivity contribution is -0.108. The molecule has 1 aliphatic rings. The van der Waals surface area contributed by atoms with Gasteiger partial charge in [0.05, 0.1) is 12.3 Å². The zero-order chi connectivity index (χ0) is 15.7. The van der Waals surface area contributed by atoms with Crippen LogP contribution in [0.2, 0.25) is 5.02 Å². The van der Waals surface area contributed by atoms with Crippen LogP contribution in [0.5, 0.6) is 0 Å². The van der Waals surface area contributed by atoms with Crippen molar-refractivity contribution in [3.8, 4) is 0 Å². The van der Waals surface area contributed by atoms with Gasteiger partial charge in [0, 0.05) is 21.8 Å².